The highest BCUT2D eigenvalue weighted by molar-refractivity contribution is 5.71. The van der Waals surface area contributed by atoms with Gasteiger partial charge in [0.05, 0.1) is 0 Å². The van der Waals surface area contributed by atoms with Crippen molar-refractivity contribution in [3.63, 3.8) is 0 Å². The number of carbonyl (C=O) groups excluding carboxylic acids is 2. The molecule has 3 rings (SSSR count). The van der Waals surface area contributed by atoms with E-state index in [1.165, 1.54) is 11.1 Å². The first-order valence-electron chi connectivity index (χ1n) is 16.5. The third-order valence-corrected chi connectivity index (χ3v) is 8.72. The molecule has 6 nitrogen and oxygen atoms in total. The summed E-state index contributed by atoms with van der Waals surface area (Å²) in [4.78, 5) is 25.3. The second kappa shape index (κ2) is 14.4. The molecule has 1 aliphatic carbocycles. The first-order chi connectivity index (χ1) is 20.3. The standard InChI is InChI=1S/C38H58N2O4/c1-35(2,3)25-37(7,8)29-15-19-31(20-16-29)43-33(41)39-23-27-13-11-12-14-28(27)24-40-34(42)44-32-21-17-30(18-22-32)38(9,10)26-36(4,5)6/h15-22,27-28H,11-14,23-26H2,1-10H3,(H,39,41)(H,40,42). The van der Waals surface area contributed by atoms with Gasteiger partial charge in [0.2, 0.25) is 0 Å². The van der Waals surface area contributed by atoms with Gasteiger partial charge in [0.15, 0.2) is 0 Å². The van der Waals surface area contributed by atoms with Crippen LogP contribution in [-0.2, 0) is 10.8 Å². The Morgan fingerprint density at radius 2 is 0.909 bits per heavy atom. The van der Waals surface area contributed by atoms with Gasteiger partial charge >= 0.3 is 12.2 Å². The van der Waals surface area contributed by atoms with Crippen molar-refractivity contribution >= 4 is 12.2 Å². The van der Waals surface area contributed by atoms with Crippen molar-refractivity contribution in [1.82, 2.24) is 10.6 Å². The van der Waals surface area contributed by atoms with Gasteiger partial charge in [-0.2, -0.15) is 0 Å². The molecule has 2 N–H and O–H groups in total. The van der Waals surface area contributed by atoms with Crippen LogP contribution in [0.2, 0.25) is 0 Å². The summed E-state index contributed by atoms with van der Waals surface area (Å²) in [5, 5.41) is 5.92. The molecule has 2 atom stereocenters. The summed E-state index contributed by atoms with van der Waals surface area (Å²) in [5.41, 5.74) is 2.97. The lowest BCUT2D eigenvalue weighted by molar-refractivity contribution is 0.177. The fourth-order valence-corrected chi connectivity index (χ4v) is 7.34. The molecule has 244 valence electrons. The van der Waals surface area contributed by atoms with E-state index in [-0.39, 0.29) is 33.5 Å². The minimum Gasteiger partial charge on any atom is -0.410 e. The molecular formula is C38H58N2O4. The van der Waals surface area contributed by atoms with Crippen molar-refractivity contribution in [2.24, 2.45) is 22.7 Å². The molecule has 1 saturated carbocycles. The highest BCUT2D eigenvalue weighted by Gasteiger charge is 2.29. The Kier molecular flexibility index (Phi) is 11.6. The Morgan fingerprint density at radius 1 is 0.591 bits per heavy atom. The average Bonchev–Trinajstić information content (AvgIpc) is 2.89. The lowest BCUT2D eigenvalue weighted by Crippen LogP contribution is -2.41. The normalized spacial score (nSPS) is 18.0. The quantitative estimate of drug-likeness (QED) is 0.282. The zero-order chi connectivity index (χ0) is 32.8. The second-order valence-corrected chi connectivity index (χ2v) is 16.6. The van der Waals surface area contributed by atoms with Crippen molar-refractivity contribution in [3.05, 3.63) is 59.7 Å². The monoisotopic (exact) mass is 606 g/mol. The van der Waals surface area contributed by atoms with Crippen LogP contribution in [0.4, 0.5) is 9.59 Å². The molecule has 1 aliphatic rings. The summed E-state index contributed by atoms with van der Waals surface area (Å²) in [6.45, 7) is 23.6. The maximum atomic E-state index is 12.6. The molecule has 6 heteroatoms. The van der Waals surface area contributed by atoms with E-state index < -0.39 is 12.2 Å². The number of hydrogen-bond acceptors (Lipinski definition) is 4. The fourth-order valence-electron chi connectivity index (χ4n) is 7.34. The van der Waals surface area contributed by atoms with Crippen LogP contribution in [0.25, 0.3) is 0 Å². The van der Waals surface area contributed by atoms with Gasteiger partial charge in [-0.15, -0.1) is 0 Å². The summed E-state index contributed by atoms with van der Waals surface area (Å²) < 4.78 is 11.2. The first-order valence-corrected chi connectivity index (χ1v) is 16.5. The molecule has 44 heavy (non-hydrogen) atoms. The fraction of sp³-hybridized carbons (Fsp3) is 0.632. The molecule has 0 radical (unpaired) electrons. The number of amides is 2. The molecule has 0 aromatic heterocycles. The molecule has 0 saturated heterocycles. The Morgan fingerprint density at radius 3 is 1.20 bits per heavy atom. The molecule has 0 aliphatic heterocycles. The van der Waals surface area contributed by atoms with Gasteiger partial charge in [0.1, 0.15) is 11.5 Å². The summed E-state index contributed by atoms with van der Waals surface area (Å²) in [5.74, 6) is 1.60. The molecule has 2 aromatic rings. The predicted octanol–water partition coefficient (Wildman–Crippen LogP) is 9.80. The van der Waals surface area contributed by atoms with Crippen LogP contribution in [0.5, 0.6) is 11.5 Å². The second-order valence-electron chi connectivity index (χ2n) is 16.6. The number of hydrogen-bond donors (Lipinski definition) is 2. The number of benzene rings is 2. The van der Waals surface area contributed by atoms with Crippen LogP contribution in [0.1, 0.15) is 119 Å². The van der Waals surface area contributed by atoms with Crippen LogP contribution in [0.15, 0.2) is 48.5 Å². The van der Waals surface area contributed by atoms with E-state index in [0.717, 1.165) is 38.5 Å². The Hall–Kier alpha value is -3.02. The van der Waals surface area contributed by atoms with Crippen LogP contribution in [-0.4, -0.2) is 25.3 Å². The minimum atomic E-state index is -0.447. The van der Waals surface area contributed by atoms with E-state index >= 15 is 0 Å². The van der Waals surface area contributed by atoms with E-state index in [1.54, 1.807) is 0 Å². The number of nitrogens with one attached hydrogen (secondary N) is 2. The molecular weight excluding hydrogens is 548 g/mol. The number of carbonyl (C=O) groups is 2. The Balaban J connectivity index is 1.46. The predicted molar refractivity (Wildman–Crippen MR) is 181 cm³/mol. The van der Waals surface area contributed by atoms with Gasteiger partial charge in [0, 0.05) is 13.1 Å². The van der Waals surface area contributed by atoms with E-state index in [9.17, 15) is 9.59 Å². The van der Waals surface area contributed by atoms with Gasteiger partial charge in [-0.05, 0) is 94.6 Å². The van der Waals surface area contributed by atoms with E-state index in [1.807, 2.05) is 24.3 Å². The number of rotatable bonds is 10. The molecule has 0 bridgehead atoms. The maximum absolute atomic E-state index is 12.6. The van der Waals surface area contributed by atoms with Crippen LogP contribution in [0.3, 0.4) is 0 Å². The first kappa shape index (κ1) is 35.5. The minimum absolute atomic E-state index is 0.0310. The third kappa shape index (κ3) is 11.5. The highest BCUT2D eigenvalue weighted by Crippen LogP contribution is 2.38. The zero-order valence-corrected chi connectivity index (χ0v) is 29.1. The van der Waals surface area contributed by atoms with Gasteiger partial charge in [0.25, 0.3) is 0 Å². The number of ether oxygens (including phenoxy) is 2. The van der Waals surface area contributed by atoms with Crippen LogP contribution in [0, 0.1) is 22.7 Å². The van der Waals surface area contributed by atoms with Gasteiger partial charge in [-0.3, -0.25) is 0 Å². The van der Waals surface area contributed by atoms with Gasteiger partial charge < -0.3 is 20.1 Å². The molecule has 2 aromatic carbocycles. The van der Waals surface area contributed by atoms with Crippen molar-refractivity contribution in [2.75, 3.05) is 13.1 Å². The lowest BCUT2D eigenvalue weighted by Gasteiger charge is -2.33. The van der Waals surface area contributed by atoms with E-state index in [4.69, 9.17) is 9.47 Å². The maximum Gasteiger partial charge on any atom is 0.412 e. The molecule has 2 unspecified atom stereocenters. The molecule has 0 heterocycles. The van der Waals surface area contributed by atoms with Crippen molar-refractivity contribution < 1.29 is 19.1 Å². The van der Waals surface area contributed by atoms with E-state index in [2.05, 4.69) is 104 Å². The lowest BCUT2D eigenvalue weighted by atomic mass is 9.72. The summed E-state index contributed by atoms with van der Waals surface area (Å²) in [6.07, 6.45) is 5.46. The third-order valence-electron chi connectivity index (χ3n) is 8.72. The highest BCUT2D eigenvalue weighted by atomic mass is 16.6. The van der Waals surface area contributed by atoms with Crippen molar-refractivity contribution in [2.45, 2.75) is 119 Å². The molecule has 2 amide bonds. The average molecular weight is 607 g/mol. The van der Waals surface area contributed by atoms with Gasteiger partial charge in [-0.25, -0.2) is 9.59 Å². The SMILES string of the molecule is CC(C)(C)CC(C)(C)c1ccc(OC(=O)NCC2CCCCC2CNC(=O)Oc2ccc(C(C)(C)CC(C)(C)C)cc2)cc1. The van der Waals surface area contributed by atoms with Crippen molar-refractivity contribution in [1.29, 1.82) is 0 Å². The summed E-state index contributed by atoms with van der Waals surface area (Å²) >= 11 is 0. The summed E-state index contributed by atoms with van der Waals surface area (Å²) in [7, 11) is 0. The van der Waals surface area contributed by atoms with Gasteiger partial charge in [-0.1, -0.05) is 106 Å². The van der Waals surface area contributed by atoms with Crippen LogP contribution >= 0.6 is 0 Å². The molecule has 0 spiro atoms. The van der Waals surface area contributed by atoms with Crippen LogP contribution < -0.4 is 20.1 Å². The summed E-state index contributed by atoms with van der Waals surface area (Å²) in [6, 6.07) is 15.7. The molecule has 1 fully saturated rings. The Labute approximate surface area is 267 Å². The largest absolute Gasteiger partial charge is 0.412 e. The Bertz CT molecular complexity index is 1120. The van der Waals surface area contributed by atoms with E-state index in [0.29, 0.717) is 24.6 Å². The van der Waals surface area contributed by atoms with Crippen molar-refractivity contribution in [3.8, 4) is 11.5 Å². The smallest absolute Gasteiger partial charge is 0.410 e. The zero-order valence-electron chi connectivity index (χ0n) is 29.1. The topological polar surface area (TPSA) is 76.7 Å².